The zero-order valence-electron chi connectivity index (χ0n) is 9.28. The van der Waals surface area contributed by atoms with Crippen molar-refractivity contribution in [2.45, 2.75) is 0 Å². The molecule has 0 fully saturated rings. The van der Waals surface area contributed by atoms with Crippen molar-refractivity contribution < 1.29 is 4.74 Å². The highest BCUT2D eigenvalue weighted by atomic mass is 79.9. The molecule has 3 N–H and O–H groups in total. The molecule has 0 aliphatic heterocycles. The summed E-state index contributed by atoms with van der Waals surface area (Å²) in [5, 5.41) is 7.94. The van der Waals surface area contributed by atoms with Gasteiger partial charge in [0.2, 0.25) is 0 Å². The van der Waals surface area contributed by atoms with Gasteiger partial charge in [-0.3, -0.25) is 5.41 Å². The SMILES string of the molecule is N=C(N)c1ccc(Oc2ccc(Cl)cc2Br)cc1. The van der Waals surface area contributed by atoms with Crippen LogP contribution in [0.5, 0.6) is 11.5 Å². The second-order valence-corrected chi connectivity index (χ2v) is 4.91. The van der Waals surface area contributed by atoms with E-state index in [1.54, 1.807) is 42.5 Å². The fourth-order valence-corrected chi connectivity index (χ4v) is 2.15. The van der Waals surface area contributed by atoms with Crippen LogP contribution >= 0.6 is 27.5 Å². The first-order chi connectivity index (χ1) is 8.56. The normalized spacial score (nSPS) is 10.1. The van der Waals surface area contributed by atoms with Crippen LogP contribution in [0.3, 0.4) is 0 Å². The maximum atomic E-state index is 7.30. The van der Waals surface area contributed by atoms with E-state index < -0.39 is 0 Å². The minimum Gasteiger partial charge on any atom is -0.456 e. The molecule has 5 heteroatoms. The molecule has 0 radical (unpaired) electrons. The van der Waals surface area contributed by atoms with Gasteiger partial charge in [0.05, 0.1) is 4.47 Å². The second-order valence-electron chi connectivity index (χ2n) is 3.61. The van der Waals surface area contributed by atoms with E-state index in [0.717, 1.165) is 4.47 Å². The highest BCUT2D eigenvalue weighted by Crippen LogP contribution is 2.31. The van der Waals surface area contributed by atoms with E-state index in [9.17, 15) is 0 Å². The summed E-state index contributed by atoms with van der Waals surface area (Å²) in [6.07, 6.45) is 0. The standard InChI is InChI=1S/C13H10BrClN2O/c14-11-7-9(15)3-6-12(11)18-10-4-1-8(2-5-10)13(16)17/h1-7H,(H3,16,17). The third kappa shape index (κ3) is 3.03. The van der Waals surface area contributed by atoms with Gasteiger partial charge in [0.1, 0.15) is 17.3 Å². The molecule has 0 spiro atoms. The lowest BCUT2D eigenvalue weighted by atomic mass is 10.2. The molecule has 0 aliphatic rings. The molecule has 0 bridgehead atoms. The molecule has 0 heterocycles. The summed E-state index contributed by atoms with van der Waals surface area (Å²) in [6, 6.07) is 12.3. The Morgan fingerprint density at radius 3 is 2.39 bits per heavy atom. The molecular formula is C13H10BrClN2O. The van der Waals surface area contributed by atoms with Gasteiger partial charge in [-0.25, -0.2) is 0 Å². The monoisotopic (exact) mass is 324 g/mol. The number of halogens is 2. The van der Waals surface area contributed by atoms with E-state index in [4.69, 9.17) is 27.5 Å². The number of nitrogens with one attached hydrogen (secondary N) is 1. The van der Waals surface area contributed by atoms with Crippen LogP contribution < -0.4 is 10.5 Å². The molecule has 2 aromatic rings. The van der Waals surface area contributed by atoms with Gasteiger partial charge >= 0.3 is 0 Å². The first-order valence-corrected chi connectivity index (χ1v) is 6.31. The van der Waals surface area contributed by atoms with Gasteiger partial charge in [-0.1, -0.05) is 11.6 Å². The van der Waals surface area contributed by atoms with Gasteiger partial charge in [-0.15, -0.1) is 0 Å². The van der Waals surface area contributed by atoms with E-state index in [1.807, 2.05) is 0 Å². The Morgan fingerprint density at radius 1 is 1.17 bits per heavy atom. The molecule has 3 nitrogen and oxygen atoms in total. The Morgan fingerprint density at radius 2 is 1.83 bits per heavy atom. The second kappa shape index (κ2) is 5.42. The highest BCUT2D eigenvalue weighted by molar-refractivity contribution is 9.10. The van der Waals surface area contributed by atoms with Crippen LogP contribution in [0.4, 0.5) is 0 Å². The average Bonchev–Trinajstić information content (AvgIpc) is 2.33. The van der Waals surface area contributed by atoms with Crippen LogP contribution in [0.2, 0.25) is 5.02 Å². The minimum atomic E-state index is 0.0363. The Kier molecular flexibility index (Phi) is 3.89. The number of nitrogen functional groups attached to an aromatic ring is 1. The predicted molar refractivity (Wildman–Crippen MR) is 76.7 cm³/mol. The molecule has 0 aromatic heterocycles. The molecule has 0 saturated carbocycles. The van der Waals surface area contributed by atoms with Crippen LogP contribution in [0.25, 0.3) is 0 Å². The molecule has 0 saturated heterocycles. The molecule has 0 amide bonds. The molecule has 18 heavy (non-hydrogen) atoms. The van der Waals surface area contributed by atoms with Crippen molar-refractivity contribution >= 4 is 33.4 Å². The van der Waals surface area contributed by atoms with Gasteiger partial charge in [0.15, 0.2) is 0 Å². The number of ether oxygens (including phenoxy) is 1. The molecule has 0 aliphatic carbocycles. The Balaban J connectivity index is 2.21. The van der Waals surface area contributed by atoms with Gasteiger partial charge in [-0.05, 0) is 58.4 Å². The van der Waals surface area contributed by atoms with Crippen LogP contribution in [0.15, 0.2) is 46.9 Å². The average molecular weight is 326 g/mol. The van der Waals surface area contributed by atoms with Crippen LogP contribution in [0.1, 0.15) is 5.56 Å². The summed E-state index contributed by atoms with van der Waals surface area (Å²) < 4.78 is 6.47. The Hall–Kier alpha value is -1.52. The van der Waals surface area contributed by atoms with E-state index >= 15 is 0 Å². The fourth-order valence-electron chi connectivity index (χ4n) is 1.39. The summed E-state index contributed by atoms with van der Waals surface area (Å²) in [5.41, 5.74) is 6.04. The van der Waals surface area contributed by atoms with Crippen LogP contribution in [-0.2, 0) is 0 Å². The lowest BCUT2D eigenvalue weighted by Gasteiger charge is -2.08. The van der Waals surface area contributed by atoms with Crippen LogP contribution in [-0.4, -0.2) is 5.84 Å². The lowest BCUT2D eigenvalue weighted by molar-refractivity contribution is 0.479. The topological polar surface area (TPSA) is 59.1 Å². The number of benzene rings is 2. The smallest absolute Gasteiger partial charge is 0.141 e. The van der Waals surface area contributed by atoms with Gasteiger partial charge in [0.25, 0.3) is 0 Å². The Bertz CT molecular complexity index is 584. The minimum absolute atomic E-state index is 0.0363. The van der Waals surface area contributed by atoms with E-state index in [2.05, 4.69) is 15.9 Å². The molecular weight excluding hydrogens is 316 g/mol. The number of amidine groups is 1. The summed E-state index contributed by atoms with van der Waals surface area (Å²) in [5.74, 6) is 1.38. The summed E-state index contributed by atoms with van der Waals surface area (Å²) in [4.78, 5) is 0. The highest BCUT2D eigenvalue weighted by Gasteiger charge is 2.04. The summed E-state index contributed by atoms with van der Waals surface area (Å²) in [7, 11) is 0. The van der Waals surface area contributed by atoms with Crippen molar-refractivity contribution in [1.82, 2.24) is 0 Å². The zero-order valence-corrected chi connectivity index (χ0v) is 11.6. The fraction of sp³-hybridized carbons (Fsp3) is 0. The van der Waals surface area contributed by atoms with E-state index in [0.29, 0.717) is 22.1 Å². The van der Waals surface area contributed by atoms with Gasteiger partial charge in [0, 0.05) is 10.6 Å². The number of rotatable bonds is 3. The number of hydrogen-bond acceptors (Lipinski definition) is 2. The predicted octanol–water partition coefficient (Wildman–Crippen LogP) is 4.18. The number of hydrogen-bond donors (Lipinski definition) is 2. The van der Waals surface area contributed by atoms with Crippen molar-refractivity contribution in [2.75, 3.05) is 0 Å². The third-order valence-corrected chi connectivity index (χ3v) is 3.14. The first kappa shape index (κ1) is 12.9. The zero-order chi connectivity index (χ0) is 13.1. The van der Waals surface area contributed by atoms with E-state index in [-0.39, 0.29) is 5.84 Å². The Labute approximate surface area is 118 Å². The first-order valence-electron chi connectivity index (χ1n) is 5.13. The summed E-state index contributed by atoms with van der Waals surface area (Å²) >= 11 is 9.23. The van der Waals surface area contributed by atoms with Gasteiger partial charge < -0.3 is 10.5 Å². The van der Waals surface area contributed by atoms with Crippen molar-refractivity contribution in [3.05, 3.63) is 57.5 Å². The van der Waals surface area contributed by atoms with Crippen molar-refractivity contribution in [1.29, 1.82) is 5.41 Å². The molecule has 92 valence electrons. The van der Waals surface area contributed by atoms with Crippen LogP contribution in [0, 0.1) is 5.41 Å². The third-order valence-electron chi connectivity index (χ3n) is 2.29. The number of nitrogens with two attached hydrogens (primary N) is 1. The van der Waals surface area contributed by atoms with E-state index in [1.165, 1.54) is 0 Å². The molecule has 0 unspecified atom stereocenters. The molecule has 0 atom stereocenters. The molecule has 2 rings (SSSR count). The molecule has 2 aromatic carbocycles. The van der Waals surface area contributed by atoms with Crippen molar-refractivity contribution in [3.63, 3.8) is 0 Å². The lowest BCUT2D eigenvalue weighted by Crippen LogP contribution is -2.10. The maximum Gasteiger partial charge on any atom is 0.141 e. The maximum absolute atomic E-state index is 7.30. The largest absolute Gasteiger partial charge is 0.456 e. The van der Waals surface area contributed by atoms with Gasteiger partial charge in [-0.2, -0.15) is 0 Å². The quantitative estimate of drug-likeness (QED) is 0.657. The van der Waals surface area contributed by atoms with Crippen molar-refractivity contribution in [2.24, 2.45) is 5.73 Å². The summed E-state index contributed by atoms with van der Waals surface area (Å²) in [6.45, 7) is 0. The van der Waals surface area contributed by atoms with Crippen molar-refractivity contribution in [3.8, 4) is 11.5 Å².